The maximum absolute atomic E-state index is 12.2. The lowest BCUT2D eigenvalue weighted by Crippen LogP contribution is -2.28. The summed E-state index contributed by atoms with van der Waals surface area (Å²) < 4.78 is 1.00. The number of amides is 1. The Morgan fingerprint density at radius 1 is 1.38 bits per heavy atom. The number of aryl methyl sites for hydroxylation is 2. The second-order valence-electron chi connectivity index (χ2n) is 5.50. The molecule has 0 fully saturated rings. The van der Waals surface area contributed by atoms with Crippen molar-refractivity contribution in [3.05, 3.63) is 57.2 Å². The van der Waals surface area contributed by atoms with Crippen LogP contribution in [0, 0.1) is 25.2 Å². The molecule has 1 unspecified atom stereocenters. The Bertz CT molecular complexity index is 784. The topological polar surface area (TPSA) is 65.8 Å². The molecule has 1 aromatic heterocycles. The summed E-state index contributed by atoms with van der Waals surface area (Å²) in [5.74, 6) is 0.145. The van der Waals surface area contributed by atoms with Crippen molar-refractivity contribution in [1.29, 1.82) is 5.26 Å². The molecule has 1 heterocycles. The molecule has 0 aliphatic carbocycles. The summed E-state index contributed by atoms with van der Waals surface area (Å²) in [5, 5.41) is 12.8. The Morgan fingerprint density at radius 2 is 2.04 bits per heavy atom. The van der Waals surface area contributed by atoms with Crippen molar-refractivity contribution < 1.29 is 4.79 Å². The normalized spacial score (nSPS) is 11.6. The molecule has 0 aliphatic rings. The molecule has 0 radical (unpaired) electrons. The van der Waals surface area contributed by atoms with Crippen LogP contribution in [0.3, 0.4) is 0 Å². The molecule has 1 N–H and O–H groups in total. The van der Waals surface area contributed by atoms with E-state index in [1.54, 1.807) is 0 Å². The smallest absolute Gasteiger partial charge is 0.230 e. The molecule has 0 spiro atoms. The molecule has 1 atom stereocenters. The minimum atomic E-state index is -0.0831. The first-order valence-electron chi connectivity index (χ1n) is 7.46. The number of carbonyl (C=O) groups excluding carboxylic acids is 1. The van der Waals surface area contributed by atoms with Gasteiger partial charge in [0.25, 0.3) is 0 Å². The molecule has 2 aromatic rings. The number of thioether (sulfide) groups is 1. The average Bonchev–Trinajstić information content (AvgIpc) is 2.53. The number of rotatable bonds is 5. The predicted octanol–water partition coefficient (Wildman–Crippen LogP) is 4.30. The number of halogens is 1. The number of hydrogen-bond acceptors (Lipinski definition) is 4. The highest BCUT2D eigenvalue weighted by molar-refractivity contribution is 9.10. The summed E-state index contributed by atoms with van der Waals surface area (Å²) in [6.45, 7) is 5.71. The van der Waals surface area contributed by atoms with Crippen molar-refractivity contribution in [3.8, 4) is 6.07 Å². The van der Waals surface area contributed by atoms with E-state index in [-0.39, 0.29) is 17.7 Å². The zero-order valence-electron chi connectivity index (χ0n) is 13.8. The molecule has 2 rings (SSSR count). The van der Waals surface area contributed by atoms with Gasteiger partial charge in [0.05, 0.1) is 17.4 Å². The van der Waals surface area contributed by atoms with E-state index in [9.17, 15) is 10.1 Å². The van der Waals surface area contributed by atoms with Crippen LogP contribution >= 0.6 is 27.7 Å². The van der Waals surface area contributed by atoms with Gasteiger partial charge in [-0.2, -0.15) is 5.26 Å². The Kier molecular flexibility index (Phi) is 6.41. The van der Waals surface area contributed by atoms with E-state index >= 15 is 0 Å². The lowest BCUT2D eigenvalue weighted by Gasteiger charge is -2.14. The fourth-order valence-corrected chi connectivity index (χ4v) is 3.47. The highest BCUT2D eigenvalue weighted by atomic mass is 79.9. The van der Waals surface area contributed by atoms with Gasteiger partial charge in [0.1, 0.15) is 11.1 Å². The largest absolute Gasteiger partial charge is 0.349 e. The van der Waals surface area contributed by atoms with E-state index in [2.05, 4.69) is 32.3 Å². The monoisotopic (exact) mass is 403 g/mol. The highest BCUT2D eigenvalue weighted by Crippen LogP contribution is 2.24. The predicted molar refractivity (Wildman–Crippen MR) is 99.8 cm³/mol. The third-order valence-electron chi connectivity index (χ3n) is 3.51. The molecule has 0 aliphatic heterocycles. The summed E-state index contributed by atoms with van der Waals surface area (Å²) in [6, 6.07) is 11.8. The summed E-state index contributed by atoms with van der Waals surface area (Å²) >= 11 is 4.69. The Morgan fingerprint density at radius 3 is 2.67 bits per heavy atom. The van der Waals surface area contributed by atoms with E-state index in [0.717, 1.165) is 21.3 Å². The van der Waals surface area contributed by atoms with Gasteiger partial charge in [0, 0.05) is 10.2 Å². The van der Waals surface area contributed by atoms with Gasteiger partial charge in [0.15, 0.2) is 0 Å². The summed E-state index contributed by atoms with van der Waals surface area (Å²) in [5.41, 5.74) is 3.31. The Hall–Kier alpha value is -1.84. The van der Waals surface area contributed by atoms with Gasteiger partial charge in [-0.15, -0.1) is 0 Å². The number of benzene rings is 1. The van der Waals surface area contributed by atoms with Gasteiger partial charge >= 0.3 is 0 Å². The highest BCUT2D eigenvalue weighted by Gasteiger charge is 2.13. The lowest BCUT2D eigenvalue weighted by atomic mass is 10.1. The molecule has 1 aromatic carbocycles. The maximum Gasteiger partial charge on any atom is 0.230 e. The van der Waals surface area contributed by atoms with E-state index in [0.29, 0.717) is 10.6 Å². The number of nitrogens with zero attached hydrogens (tertiary/aromatic N) is 2. The standard InChI is InChI=1S/C18H18BrN3OS/c1-11-8-12(2)21-18(16(11)9-20)24-10-17(23)22-13(3)14-4-6-15(19)7-5-14/h4-8,13H,10H2,1-3H3,(H,22,23). The Balaban J connectivity index is 1.99. The number of nitrogens with one attached hydrogen (secondary N) is 1. The van der Waals surface area contributed by atoms with Crippen LogP contribution in [-0.2, 0) is 4.79 Å². The van der Waals surface area contributed by atoms with Gasteiger partial charge in [-0.25, -0.2) is 4.98 Å². The van der Waals surface area contributed by atoms with E-state index < -0.39 is 0 Å². The van der Waals surface area contributed by atoms with E-state index in [1.807, 2.05) is 51.1 Å². The summed E-state index contributed by atoms with van der Waals surface area (Å²) in [6.07, 6.45) is 0. The molecular formula is C18H18BrN3OS. The summed E-state index contributed by atoms with van der Waals surface area (Å²) in [7, 11) is 0. The quantitative estimate of drug-likeness (QED) is 0.755. The number of carbonyl (C=O) groups is 1. The molecular weight excluding hydrogens is 386 g/mol. The van der Waals surface area contributed by atoms with Crippen molar-refractivity contribution >= 4 is 33.6 Å². The fourth-order valence-electron chi connectivity index (χ4n) is 2.29. The molecule has 124 valence electrons. The minimum absolute atomic E-state index is 0.0751. The number of nitriles is 1. The number of hydrogen-bond donors (Lipinski definition) is 1. The van der Waals surface area contributed by atoms with Gasteiger partial charge in [-0.3, -0.25) is 4.79 Å². The zero-order chi connectivity index (χ0) is 17.7. The van der Waals surface area contributed by atoms with E-state index in [1.165, 1.54) is 11.8 Å². The van der Waals surface area contributed by atoms with Crippen molar-refractivity contribution in [3.63, 3.8) is 0 Å². The van der Waals surface area contributed by atoms with Crippen molar-refractivity contribution in [2.75, 3.05) is 5.75 Å². The first-order chi connectivity index (χ1) is 11.4. The van der Waals surface area contributed by atoms with Gasteiger partial charge in [-0.1, -0.05) is 39.8 Å². The van der Waals surface area contributed by atoms with Crippen LogP contribution in [0.2, 0.25) is 0 Å². The van der Waals surface area contributed by atoms with Crippen LogP contribution in [0.15, 0.2) is 39.8 Å². The molecule has 24 heavy (non-hydrogen) atoms. The van der Waals surface area contributed by atoms with Gasteiger partial charge in [0.2, 0.25) is 5.91 Å². The SMILES string of the molecule is Cc1cc(C)c(C#N)c(SCC(=O)NC(C)c2ccc(Br)cc2)n1. The molecule has 4 nitrogen and oxygen atoms in total. The van der Waals surface area contributed by atoms with Crippen molar-refractivity contribution in [2.45, 2.75) is 31.8 Å². The number of pyridine rings is 1. The number of aromatic nitrogens is 1. The van der Waals surface area contributed by atoms with Crippen molar-refractivity contribution in [1.82, 2.24) is 10.3 Å². The first kappa shape index (κ1) is 18.5. The van der Waals surface area contributed by atoms with Crippen molar-refractivity contribution in [2.24, 2.45) is 0 Å². The third-order valence-corrected chi connectivity index (χ3v) is 5.01. The van der Waals surface area contributed by atoms with Crippen LogP contribution < -0.4 is 5.32 Å². The lowest BCUT2D eigenvalue weighted by molar-refractivity contribution is -0.119. The summed E-state index contributed by atoms with van der Waals surface area (Å²) in [4.78, 5) is 16.6. The van der Waals surface area contributed by atoms with E-state index in [4.69, 9.17) is 0 Å². The molecule has 0 bridgehead atoms. The maximum atomic E-state index is 12.2. The average molecular weight is 404 g/mol. The molecule has 1 amide bonds. The first-order valence-corrected chi connectivity index (χ1v) is 9.24. The second-order valence-corrected chi connectivity index (χ2v) is 7.38. The fraction of sp³-hybridized carbons (Fsp3) is 0.278. The zero-order valence-corrected chi connectivity index (χ0v) is 16.2. The molecule has 6 heteroatoms. The minimum Gasteiger partial charge on any atom is -0.349 e. The molecule has 0 saturated heterocycles. The van der Waals surface area contributed by atoms with Gasteiger partial charge in [-0.05, 0) is 50.1 Å². The van der Waals surface area contributed by atoms with Crippen LogP contribution in [0.5, 0.6) is 0 Å². The Labute approximate surface area is 154 Å². The van der Waals surface area contributed by atoms with Crippen LogP contribution in [0.4, 0.5) is 0 Å². The van der Waals surface area contributed by atoms with Gasteiger partial charge < -0.3 is 5.32 Å². The third kappa shape index (κ3) is 4.83. The van der Waals surface area contributed by atoms with Crippen LogP contribution in [0.25, 0.3) is 0 Å². The second kappa shape index (κ2) is 8.32. The van der Waals surface area contributed by atoms with Crippen LogP contribution in [-0.4, -0.2) is 16.6 Å². The van der Waals surface area contributed by atoms with Crippen LogP contribution in [0.1, 0.15) is 35.3 Å². The molecule has 0 saturated carbocycles.